The summed E-state index contributed by atoms with van der Waals surface area (Å²) in [6.07, 6.45) is -1.24. The fourth-order valence-corrected chi connectivity index (χ4v) is 4.43. The molecule has 0 unspecified atom stereocenters. The Hall–Kier alpha value is -3.82. The van der Waals surface area contributed by atoms with E-state index in [4.69, 9.17) is 0 Å². The molecule has 184 valence electrons. The van der Waals surface area contributed by atoms with Gasteiger partial charge in [-0.2, -0.15) is 13.2 Å². The van der Waals surface area contributed by atoms with Crippen molar-refractivity contribution in [2.24, 2.45) is 0 Å². The predicted octanol–water partition coefficient (Wildman–Crippen LogP) is 4.15. The maximum absolute atomic E-state index is 13.0. The molecule has 3 aromatic rings. The van der Waals surface area contributed by atoms with E-state index in [9.17, 15) is 27.6 Å². The van der Waals surface area contributed by atoms with Crippen LogP contribution in [0.15, 0.2) is 64.2 Å². The first kappa shape index (κ1) is 24.3. The number of hydrogen-bond acceptors (Lipinski definition) is 4. The third kappa shape index (κ3) is 6.00. The number of benzene rings is 2. The van der Waals surface area contributed by atoms with Crippen LogP contribution < -0.4 is 21.9 Å². The highest BCUT2D eigenvalue weighted by Gasteiger charge is 2.30. The summed E-state index contributed by atoms with van der Waals surface area (Å²) in [5, 5.41) is 5.59. The molecule has 4 N–H and O–H groups in total. The number of hydrogen-bond donors (Lipinski definition) is 4. The molecule has 1 heterocycles. The third-order valence-corrected chi connectivity index (χ3v) is 6.23. The highest BCUT2D eigenvalue weighted by atomic mass is 19.4. The Balaban J connectivity index is 1.45. The Bertz CT molecular complexity index is 1290. The Kier molecular flexibility index (Phi) is 7.09. The maximum Gasteiger partial charge on any atom is 0.416 e. The number of alkyl halides is 3. The van der Waals surface area contributed by atoms with Crippen LogP contribution in [0.25, 0.3) is 0 Å². The van der Waals surface area contributed by atoms with Gasteiger partial charge in [0.2, 0.25) is 0 Å². The van der Waals surface area contributed by atoms with Gasteiger partial charge in [0.15, 0.2) is 0 Å². The number of halogens is 3. The van der Waals surface area contributed by atoms with E-state index in [1.165, 1.54) is 17.7 Å². The summed E-state index contributed by atoms with van der Waals surface area (Å²) in [6.45, 7) is -0.151. The molecular formula is C25H25F3N4O3. The van der Waals surface area contributed by atoms with Gasteiger partial charge in [0.25, 0.3) is 11.5 Å². The second kappa shape index (κ2) is 10.2. The number of aromatic nitrogens is 2. The number of carbonyl (C=O) groups excluding carboxylic acids is 1. The van der Waals surface area contributed by atoms with Crippen molar-refractivity contribution in [1.82, 2.24) is 15.3 Å². The highest BCUT2D eigenvalue weighted by Crippen LogP contribution is 2.33. The summed E-state index contributed by atoms with van der Waals surface area (Å²) in [5.74, 6) is -0.212. The molecule has 10 heteroatoms. The smallest absolute Gasteiger partial charge is 0.375 e. The highest BCUT2D eigenvalue weighted by molar-refractivity contribution is 5.97. The van der Waals surface area contributed by atoms with Gasteiger partial charge in [-0.05, 0) is 54.9 Å². The van der Waals surface area contributed by atoms with Crippen LogP contribution in [-0.2, 0) is 12.7 Å². The van der Waals surface area contributed by atoms with E-state index in [1.54, 1.807) is 0 Å². The Morgan fingerprint density at radius 3 is 2.34 bits per heavy atom. The van der Waals surface area contributed by atoms with Crippen molar-refractivity contribution in [3.8, 4) is 0 Å². The minimum absolute atomic E-state index is 0.124. The molecular weight excluding hydrogens is 461 g/mol. The molecule has 35 heavy (non-hydrogen) atoms. The molecule has 1 amide bonds. The number of anilines is 1. The normalized spacial score (nSPS) is 18.1. The standard InChI is InChI=1S/C25H25F3N4O3/c26-25(27,28)18-8-4-5-15(13-18)14-29-20-21(31-24(35)32-22(20)33)23(34)30-19-11-9-17(10-12-19)16-6-2-1-3-7-16/h1-8,13,17,19,29H,9-12,14H2,(H,30,34)(H2,31,32,33,35). The molecule has 1 aliphatic rings. The van der Waals surface area contributed by atoms with Crippen LogP contribution in [0.5, 0.6) is 0 Å². The van der Waals surface area contributed by atoms with E-state index in [2.05, 4.69) is 27.8 Å². The molecule has 0 atom stereocenters. The number of H-pyrrole nitrogens is 2. The van der Waals surface area contributed by atoms with Crippen LogP contribution >= 0.6 is 0 Å². The first-order valence-electron chi connectivity index (χ1n) is 11.3. The second-order valence-corrected chi connectivity index (χ2v) is 8.64. The van der Waals surface area contributed by atoms with Gasteiger partial charge in [-0.15, -0.1) is 0 Å². The van der Waals surface area contributed by atoms with E-state index in [0.29, 0.717) is 5.92 Å². The van der Waals surface area contributed by atoms with E-state index in [-0.39, 0.29) is 29.5 Å². The zero-order valence-electron chi connectivity index (χ0n) is 18.7. The number of carbonyl (C=O) groups is 1. The lowest BCUT2D eigenvalue weighted by molar-refractivity contribution is -0.137. The van der Waals surface area contributed by atoms with Crippen molar-refractivity contribution in [3.63, 3.8) is 0 Å². The largest absolute Gasteiger partial charge is 0.416 e. The quantitative estimate of drug-likeness (QED) is 0.420. The maximum atomic E-state index is 13.0. The molecule has 2 aromatic carbocycles. The first-order chi connectivity index (χ1) is 16.7. The lowest BCUT2D eigenvalue weighted by Gasteiger charge is -2.29. The average molecular weight is 486 g/mol. The van der Waals surface area contributed by atoms with Gasteiger partial charge in [0, 0.05) is 12.6 Å². The molecule has 0 bridgehead atoms. The van der Waals surface area contributed by atoms with Crippen LogP contribution in [0.3, 0.4) is 0 Å². The van der Waals surface area contributed by atoms with Crippen molar-refractivity contribution in [2.45, 2.75) is 50.4 Å². The molecule has 1 fully saturated rings. The van der Waals surface area contributed by atoms with Gasteiger partial charge in [-0.25, -0.2) is 4.79 Å². The van der Waals surface area contributed by atoms with Crippen molar-refractivity contribution >= 4 is 11.6 Å². The van der Waals surface area contributed by atoms with Crippen LogP contribution in [0.4, 0.5) is 18.9 Å². The molecule has 4 rings (SSSR count). The predicted molar refractivity (Wildman–Crippen MR) is 125 cm³/mol. The summed E-state index contributed by atoms with van der Waals surface area (Å²) < 4.78 is 39.0. The zero-order valence-corrected chi connectivity index (χ0v) is 18.7. The van der Waals surface area contributed by atoms with Gasteiger partial charge >= 0.3 is 11.9 Å². The van der Waals surface area contributed by atoms with Crippen molar-refractivity contribution in [2.75, 3.05) is 5.32 Å². The number of aromatic amines is 2. The summed E-state index contributed by atoms with van der Waals surface area (Å²) in [6, 6.07) is 14.7. The number of amides is 1. The van der Waals surface area contributed by atoms with Crippen LogP contribution in [0.1, 0.15) is 58.8 Å². The molecule has 0 radical (unpaired) electrons. The number of rotatable bonds is 6. The SMILES string of the molecule is O=C(NC1CCC(c2ccccc2)CC1)c1[nH]c(=O)[nH]c(=O)c1NCc1cccc(C(F)(F)F)c1. The monoisotopic (exact) mass is 486 g/mol. The molecule has 0 saturated heterocycles. The molecule has 0 aliphatic heterocycles. The van der Waals surface area contributed by atoms with Crippen LogP contribution in [0.2, 0.25) is 0 Å². The fraction of sp³-hybridized carbons (Fsp3) is 0.320. The molecule has 7 nitrogen and oxygen atoms in total. The lowest BCUT2D eigenvalue weighted by Crippen LogP contribution is -2.40. The first-order valence-corrected chi connectivity index (χ1v) is 11.3. The van der Waals surface area contributed by atoms with Gasteiger partial charge in [-0.1, -0.05) is 42.5 Å². The summed E-state index contributed by atoms with van der Waals surface area (Å²) in [7, 11) is 0. The lowest BCUT2D eigenvalue weighted by atomic mass is 9.82. The van der Waals surface area contributed by atoms with Crippen LogP contribution in [-0.4, -0.2) is 21.9 Å². The van der Waals surface area contributed by atoms with Gasteiger partial charge in [0.05, 0.1) is 5.56 Å². The van der Waals surface area contributed by atoms with Gasteiger partial charge < -0.3 is 15.6 Å². The van der Waals surface area contributed by atoms with E-state index < -0.39 is 28.9 Å². The summed E-state index contributed by atoms with van der Waals surface area (Å²) >= 11 is 0. The molecule has 1 saturated carbocycles. The Morgan fingerprint density at radius 2 is 1.66 bits per heavy atom. The van der Waals surface area contributed by atoms with Crippen molar-refractivity contribution in [1.29, 1.82) is 0 Å². The molecule has 0 spiro atoms. The van der Waals surface area contributed by atoms with Crippen molar-refractivity contribution in [3.05, 3.63) is 97.8 Å². The van der Waals surface area contributed by atoms with Gasteiger partial charge in [-0.3, -0.25) is 14.6 Å². The van der Waals surface area contributed by atoms with Crippen LogP contribution in [0, 0.1) is 0 Å². The van der Waals surface area contributed by atoms with Gasteiger partial charge in [0.1, 0.15) is 11.4 Å². The molecule has 1 aliphatic carbocycles. The topological polar surface area (TPSA) is 107 Å². The summed E-state index contributed by atoms with van der Waals surface area (Å²) in [4.78, 5) is 41.6. The van der Waals surface area contributed by atoms with Crippen molar-refractivity contribution < 1.29 is 18.0 Å². The average Bonchev–Trinajstić information content (AvgIpc) is 2.84. The fourth-order valence-electron chi connectivity index (χ4n) is 4.43. The Labute approximate surface area is 198 Å². The minimum atomic E-state index is -4.50. The summed E-state index contributed by atoms with van der Waals surface area (Å²) in [5.41, 5.74) is -1.45. The minimum Gasteiger partial charge on any atom is -0.375 e. The third-order valence-electron chi connectivity index (χ3n) is 6.23. The zero-order chi connectivity index (χ0) is 25.0. The second-order valence-electron chi connectivity index (χ2n) is 8.64. The van der Waals surface area contributed by atoms with E-state index >= 15 is 0 Å². The number of nitrogens with one attached hydrogen (secondary N) is 4. The van der Waals surface area contributed by atoms with E-state index in [1.807, 2.05) is 23.2 Å². The Morgan fingerprint density at radius 1 is 0.943 bits per heavy atom. The molecule has 1 aromatic heterocycles. The van der Waals surface area contributed by atoms with E-state index in [0.717, 1.165) is 37.8 Å².